The molecule has 1 amide bonds. The Balaban J connectivity index is 1.41. The number of aliphatic hydroxyl groups excluding tert-OH is 1. The van der Waals surface area contributed by atoms with Gasteiger partial charge in [0.1, 0.15) is 18.2 Å². The molecule has 0 bridgehead atoms. The summed E-state index contributed by atoms with van der Waals surface area (Å²) in [5, 5.41) is 11.3. The van der Waals surface area contributed by atoms with Crippen LogP contribution in [0.4, 0.5) is 4.39 Å². The first-order valence-corrected chi connectivity index (χ1v) is 13.0. The fraction of sp³-hybridized carbons (Fsp3) is 0.241. The van der Waals surface area contributed by atoms with Gasteiger partial charge in [-0.1, -0.05) is 11.6 Å². The van der Waals surface area contributed by atoms with Gasteiger partial charge in [-0.05, 0) is 50.1 Å². The van der Waals surface area contributed by atoms with E-state index in [0.29, 0.717) is 40.5 Å². The molecule has 39 heavy (non-hydrogen) atoms. The van der Waals surface area contributed by atoms with E-state index < -0.39 is 12.4 Å². The van der Waals surface area contributed by atoms with Crippen LogP contribution in [0.1, 0.15) is 24.6 Å². The second kappa shape index (κ2) is 10.2. The standard InChI is InChI=1S/C29H25ClFN5O3/c1-17-11-18-15-34-26-14-25(31)22(21-4-3-20(12-24(21)30)39-29-32-7-2-8-33-29)13-23(26)28(18)36(17)19-5-9-35(10-6-19)27(38)16-37/h2-4,7-8,11-15,19,37H,5-6,9-10,16H2,1H3. The van der Waals surface area contributed by atoms with E-state index in [0.717, 1.165) is 34.8 Å². The lowest BCUT2D eigenvalue weighted by Crippen LogP contribution is -2.40. The number of carbonyl (C=O) groups is 1. The van der Waals surface area contributed by atoms with Gasteiger partial charge in [0, 0.05) is 77.4 Å². The average molecular weight is 546 g/mol. The van der Waals surface area contributed by atoms with Crippen LogP contribution in [0.2, 0.25) is 5.02 Å². The van der Waals surface area contributed by atoms with Gasteiger partial charge < -0.3 is 19.3 Å². The second-order valence-corrected chi connectivity index (χ2v) is 10.0. The molecule has 4 heterocycles. The highest BCUT2D eigenvalue weighted by molar-refractivity contribution is 6.33. The van der Waals surface area contributed by atoms with Gasteiger partial charge in [-0.25, -0.2) is 14.4 Å². The molecule has 1 N–H and O–H groups in total. The van der Waals surface area contributed by atoms with Gasteiger partial charge in [-0.3, -0.25) is 9.78 Å². The SMILES string of the molecule is Cc1cc2cnc3cc(F)c(-c4ccc(Oc5ncccn5)cc4Cl)cc3c2n1C1CCN(C(=O)CO)CC1. The summed E-state index contributed by atoms with van der Waals surface area (Å²) in [6, 6.07) is 12.4. The van der Waals surface area contributed by atoms with E-state index in [2.05, 4.69) is 25.6 Å². The first-order valence-electron chi connectivity index (χ1n) is 12.7. The number of carbonyl (C=O) groups excluding carboxylic acids is 1. The first-order chi connectivity index (χ1) is 18.9. The first kappa shape index (κ1) is 25.2. The number of hydrogen-bond acceptors (Lipinski definition) is 6. The van der Waals surface area contributed by atoms with Gasteiger partial charge in [-0.2, -0.15) is 0 Å². The summed E-state index contributed by atoms with van der Waals surface area (Å²) in [6.07, 6.45) is 6.44. The van der Waals surface area contributed by atoms with Crippen LogP contribution >= 0.6 is 11.6 Å². The monoisotopic (exact) mass is 545 g/mol. The average Bonchev–Trinajstić information content (AvgIpc) is 3.29. The van der Waals surface area contributed by atoms with Crippen molar-refractivity contribution in [3.63, 3.8) is 0 Å². The Morgan fingerprint density at radius 3 is 2.59 bits per heavy atom. The molecule has 0 spiro atoms. The largest absolute Gasteiger partial charge is 0.424 e. The maximum Gasteiger partial charge on any atom is 0.321 e. The van der Waals surface area contributed by atoms with Crippen LogP contribution < -0.4 is 4.74 Å². The van der Waals surface area contributed by atoms with Crippen LogP contribution in [-0.2, 0) is 4.79 Å². The van der Waals surface area contributed by atoms with E-state index in [-0.39, 0.29) is 18.0 Å². The van der Waals surface area contributed by atoms with Crippen LogP contribution in [0, 0.1) is 12.7 Å². The van der Waals surface area contributed by atoms with E-state index >= 15 is 4.39 Å². The van der Waals surface area contributed by atoms with Crippen molar-refractivity contribution in [3.8, 4) is 22.9 Å². The third-order valence-electron chi connectivity index (χ3n) is 7.24. The Kier molecular flexibility index (Phi) is 6.62. The van der Waals surface area contributed by atoms with Gasteiger partial charge in [0.15, 0.2) is 0 Å². The highest BCUT2D eigenvalue weighted by atomic mass is 35.5. The molecule has 1 aliphatic heterocycles. The molecule has 8 nitrogen and oxygen atoms in total. The number of aromatic nitrogens is 4. The number of halogens is 2. The van der Waals surface area contributed by atoms with Crippen molar-refractivity contribution in [3.05, 3.63) is 77.6 Å². The van der Waals surface area contributed by atoms with Crippen molar-refractivity contribution < 1.29 is 19.0 Å². The topological polar surface area (TPSA) is 93.4 Å². The fourth-order valence-corrected chi connectivity index (χ4v) is 5.70. The third kappa shape index (κ3) is 4.68. The van der Waals surface area contributed by atoms with Gasteiger partial charge in [0.2, 0.25) is 5.91 Å². The smallest absolute Gasteiger partial charge is 0.321 e. The Bertz CT molecular complexity index is 1700. The van der Waals surface area contributed by atoms with Gasteiger partial charge >= 0.3 is 6.01 Å². The summed E-state index contributed by atoms with van der Waals surface area (Å²) in [7, 11) is 0. The predicted molar refractivity (Wildman–Crippen MR) is 146 cm³/mol. The number of aliphatic hydroxyl groups is 1. The molecular formula is C29H25ClFN5O3. The van der Waals surface area contributed by atoms with Gasteiger partial charge in [0.05, 0.1) is 16.1 Å². The minimum atomic E-state index is -0.476. The van der Waals surface area contributed by atoms with Crippen LogP contribution in [0.25, 0.3) is 32.9 Å². The Morgan fingerprint density at radius 1 is 1.10 bits per heavy atom. The number of rotatable bonds is 5. The maximum absolute atomic E-state index is 15.4. The highest BCUT2D eigenvalue weighted by Gasteiger charge is 2.26. The van der Waals surface area contributed by atoms with Crippen molar-refractivity contribution in [1.82, 2.24) is 24.4 Å². The second-order valence-electron chi connectivity index (χ2n) is 9.61. The zero-order chi connectivity index (χ0) is 27.1. The van der Waals surface area contributed by atoms with E-state index in [1.54, 1.807) is 47.8 Å². The van der Waals surface area contributed by atoms with Crippen LogP contribution in [0.5, 0.6) is 11.8 Å². The number of benzene rings is 2. The van der Waals surface area contributed by atoms with E-state index in [4.69, 9.17) is 16.3 Å². The van der Waals surface area contributed by atoms with Crippen LogP contribution in [0.3, 0.4) is 0 Å². The molecule has 0 atom stereocenters. The number of fused-ring (bicyclic) bond motifs is 3. The van der Waals surface area contributed by atoms with Crippen LogP contribution in [-0.4, -0.2) is 55.1 Å². The number of pyridine rings is 1. The molecule has 1 aliphatic rings. The number of piperidine rings is 1. The lowest BCUT2D eigenvalue weighted by molar-refractivity contribution is -0.135. The minimum Gasteiger partial charge on any atom is -0.424 e. The number of ether oxygens (including phenoxy) is 1. The van der Waals surface area contributed by atoms with Crippen molar-refractivity contribution in [2.75, 3.05) is 19.7 Å². The number of nitrogens with zero attached hydrogens (tertiary/aromatic N) is 5. The van der Waals surface area contributed by atoms with E-state index in [1.807, 2.05) is 13.0 Å². The Labute approximate surface area is 228 Å². The third-order valence-corrected chi connectivity index (χ3v) is 7.55. The molecule has 0 unspecified atom stereocenters. The molecule has 1 saturated heterocycles. The predicted octanol–water partition coefficient (Wildman–Crippen LogP) is 5.70. The van der Waals surface area contributed by atoms with Crippen molar-refractivity contribution >= 4 is 39.3 Å². The number of aryl methyl sites for hydroxylation is 1. The summed E-state index contributed by atoms with van der Waals surface area (Å²) in [5.41, 5.74) is 3.48. The number of amides is 1. The molecule has 3 aromatic heterocycles. The normalized spacial score (nSPS) is 14.3. The summed E-state index contributed by atoms with van der Waals surface area (Å²) in [4.78, 5) is 26.3. The Morgan fingerprint density at radius 2 is 1.87 bits per heavy atom. The summed E-state index contributed by atoms with van der Waals surface area (Å²) < 4.78 is 23.4. The molecule has 198 valence electrons. The summed E-state index contributed by atoms with van der Waals surface area (Å²) in [5.74, 6) is -0.236. The van der Waals surface area contributed by atoms with E-state index in [9.17, 15) is 9.90 Å². The van der Waals surface area contributed by atoms with E-state index in [1.165, 1.54) is 6.07 Å². The van der Waals surface area contributed by atoms with Crippen LogP contribution in [0.15, 0.2) is 61.1 Å². The molecule has 5 aromatic rings. The lowest BCUT2D eigenvalue weighted by atomic mass is 10.0. The molecule has 6 rings (SSSR count). The molecule has 10 heteroatoms. The summed E-state index contributed by atoms with van der Waals surface area (Å²) in [6.45, 7) is 2.72. The van der Waals surface area contributed by atoms with Gasteiger partial charge in [-0.15, -0.1) is 0 Å². The van der Waals surface area contributed by atoms with Gasteiger partial charge in [0.25, 0.3) is 0 Å². The van der Waals surface area contributed by atoms with Crippen molar-refractivity contribution in [2.24, 2.45) is 0 Å². The fourth-order valence-electron chi connectivity index (χ4n) is 5.43. The Hall–Kier alpha value is -4.08. The highest BCUT2D eigenvalue weighted by Crippen LogP contribution is 2.39. The molecule has 0 aliphatic carbocycles. The molecule has 0 saturated carbocycles. The van der Waals surface area contributed by atoms with Crippen molar-refractivity contribution in [2.45, 2.75) is 25.8 Å². The minimum absolute atomic E-state index is 0.157. The quantitative estimate of drug-likeness (QED) is 0.305. The molecule has 1 fully saturated rings. The molecular weight excluding hydrogens is 521 g/mol. The van der Waals surface area contributed by atoms with Crippen molar-refractivity contribution in [1.29, 1.82) is 0 Å². The lowest BCUT2D eigenvalue weighted by Gasteiger charge is -2.33. The number of likely N-dealkylation sites (tertiary alicyclic amines) is 1. The number of hydrogen-bond donors (Lipinski definition) is 1. The maximum atomic E-state index is 15.4. The zero-order valence-corrected chi connectivity index (χ0v) is 21.9. The summed E-state index contributed by atoms with van der Waals surface area (Å²) >= 11 is 6.62. The molecule has 2 aromatic carbocycles. The zero-order valence-electron chi connectivity index (χ0n) is 21.1. The molecule has 0 radical (unpaired) electrons.